The topological polar surface area (TPSA) is 49.4 Å². The Bertz CT molecular complexity index is 854. The zero-order valence-corrected chi connectivity index (χ0v) is 14.1. The molecule has 2 aromatic rings. The molecule has 8 heteroatoms. The van der Waals surface area contributed by atoms with E-state index < -0.39 is 23.6 Å². The van der Waals surface area contributed by atoms with E-state index >= 15 is 0 Å². The van der Waals surface area contributed by atoms with Crippen LogP contribution in [0.4, 0.5) is 24.5 Å². The molecule has 136 valence electrons. The van der Waals surface area contributed by atoms with Gasteiger partial charge in [0.2, 0.25) is 11.8 Å². The van der Waals surface area contributed by atoms with Crippen molar-refractivity contribution in [2.24, 2.45) is 5.92 Å². The summed E-state index contributed by atoms with van der Waals surface area (Å²) in [4.78, 5) is 26.0. The first kappa shape index (κ1) is 18.3. The highest BCUT2D eigenvalue weighted by molar-refractivity contribution is 6.33. The van der Waals surface area contributed by atoms with Crippen molar-refractivity contribution < 1.29 is 22.8 Å². The van der Waals surface area contributed by atoms with Crippen molar-refractivity contribution in [3.63, 3.8) is 0 Å². The minimum atomic E-state index is -4.58. The maximum Gasteiger partial charge on any atom is 0.418 e. The van der Waals surface area contributed by atoms with Crippen LogP contribution in [0, 0.1) is 5.92 Å². The van der Waals surface area contributed by atoms with E-state index in [-0.39, 0.29) is 24.6 Å². The van der Waals surface area contributed by atoms with Crippen LogP contribution in [0.5, 0.6) is 0 Å². The first-order valence-electron chi connectivity index (χ1n) is 7.79. The summed E-state index contributed by atoms with van der Waals surface area (Å²) in [6.45, 7) is 0.0581. The third-order valence-electron chi connectivity index (χ3n) is 4.13. The van der Waals surface area contributed by atoms with Crippen molar-refractivity contribution in [2.45, 2.75) is 12.6 Å². The Morgan fingerprint density at radius 3 is 2.46 bits per heavy atom. The molecule has 1 aliphatic heterocycles. The maximum atomic E-state index is 13.0. The second kappa shape index (κ2) is 6.99. The Kier molecular flexibility index (Phi) is 4.91. The third-order valence-corrected chi connectivity index (χ3v) is 4.45. The van der Waals surface area contributed by atoms with Gasteiger partial charge in [-0.05, 0) is 24.3 Å². The second-order valence-corrected chi connectivity index (χ2v) is 6.30. The van der Waals surface area contributed by atoms with Gasteiger partial charge in [0, 0.05) is 13.0 Å². The van der Waals surface area contributed by atoms with E-state index in [0.29, 0.717) is 10.7 Å². The minimum absolute atomic E-state index is 0.0581. The largest absolute Gasteiger partial charge is 0.418 e. The van der Waals surface area contributed by atoms with Crippen LogP contribution in [0.25, 0.3) is 0 Å². The summed E-state index contributed by atoms with van der Waals surface area (Å²) in [6.07, 6.45) is -4.68. The molecule has 0 spiro atoms. The summed E-state index contributed by atoms with van der Waals surface area (Å²) in [7, 11) is 0. The molecular weight excluding hydrogens is 369 g/mol. The lowest BCUT2D eigenvalue weighted by Gasteiger charge is -2.18. The number of nitrogens with zero attached hydrogens (tertiary/aromatic N) is 1. The molecule has 0 aromatic heterocycles. The molecular formula is C18H14ClF3N2O2. The normalized spacial score (nSPS) is 17.5. The van der Waals surface area contributed by atoms with E-state index in [0.717, 1.165) is 6.07 Å². The van der Waals surface area contributed by atoms with Crippen LogP contribution < -0.4 is 10.2 Å². The van der Waals surface area contributed by atoms with Gasteiger partial charge in [0.25, 0.3) is 0 Å². The Morgan fingerprint density at radius 2 is 1.77 bits per heavy atom. The number of alkyl halides is 3. The lowest BCUT2D eigenvalue weighted by atomic mass is 10.1. The van der Waals surface area contributed by atoms with Crippen LogP contribution in [-0.4, -0.2) is 18.4 Å². The molecule has 0 aliphatic carbocycles. The number of hydrogen-bond donors (Lipinski definition) is 1. The number of rotatable bonds is 3. The summed E-state index contributed by atoms with van der Waals surface area (Å²) >= 11 is 6.08. The number of amides is 2. The predicted molar refractivity (Wildman–Crippen MR) is 92.0 cm³/mol. The number of halogens is 4. The van der Waals surface area contributed by atoms with E-state index in [9.17, 15) is 22.8 Å². The number of carbonyl (C=O) groups is 2. The van der Waals surface area contributed by atoms with Gasteiger partial charge in [-0.2, -0.15) is 13.2 Å². The van der Waals surface area contributed by atoms with E-state index in [4.69, 9.17) is 11.6 Å². The molecule has 1 heterocycles. The van der Waals surface area contributed by atoms with E-state index in [1.165, 1.54) is 23.1 Å². The average Bonchev–Trinajstić information content (AvgIpc) is 2.97. The summed E-state index contributed by atoms with van der Waals surface area (Å²) in [5, 5.41) is 2.66. The number of benzene rings is 2. The van der Waals surface area contributed by atoms with Gasteiger partial charge in [-0.15, -0.1) is 0 Å². The first-order valence-corrected chi connectivity index (χ1v) is 8.17. The highest BCUT2D eigenvalue weighted by Crippen LogP contribution is 2.35. The Labute approximate surface area is 152 Å². The molecule has 2 amide bonds. The lowest BCUT2D eigenvalue weighted by molar-refractivity contribution is -0.137. The molecule has 1 aliphatic rings. The van der Waals surface area contributed by atoms with Crippen LogP contribution in [0.15, 0.2) is 48.5 Å². The summed E-state index contributed by atoms with van der Waals surface area (Å²) in [5.74, 6) is -1.70. The van der Waals surface area contributed by atoms with Crippen LogP contribution in [0.1, 0.15) is 12.0 Å². The monoisotopic (exact) mass is 382 g/mol. The van der Waals surface area contributed by atoms with Gasteiger partial charge in [0.1, 0.15) is 0 Å². The van der Waals surface area contributed by atoms with Crippen molar-refractivity contribution in [2.75, 3.05) is 16.8 Å². The van der Waals surface area contributed by atoms with Crippen molar-refractivity contribution >= 4 is 34.8 Å². The first-order chi connectivity index (χ1) is 12.3. The fourth-order valence-corrected chi connectivity index (χ4v) is 3.10. The van der Waals surface area contributed by atoms with Gasteiger partial charge in [-0.3, -0.25) is 9.59 Å². The second-order valence-electron chi connectivity index (χ2n) is 5.89. The molecule has 2 aromatic carbocycles. The molecule has 4 nitrogen and oxygen atoms in total. The van der Waals surface area contributed by atoms with E-state index in [2.05, 4.69) is 5.32 Å². The number of para-hydroxylation sites is 2. The van der Waals surface area contributed by atoms with Gasteiger partial charge < -0.3 is 10.2 Å². The van der Waals surface area contributed by atoms with E-state index in [1.54, 1.807) is 24.3 Å². The zero-order valence-electron chi connectivity index (χ0n) is 13.4. The molecule has 1 N–H and O–H groups in total. The zero-order chi connectivity index (χ0) is 18.9. The maximum absolute atomic E-state index is 13.0. The summed E-state index contributed by atoms with van der Waals surface area (Å²) < 4.78 is 39.1. The molecule has 1 saturated heterocycles. The van der Waals surface area contributed by atoms with Gasteiger partial charge in [0.15, 0.2) is 0 Å². The van der Waals surface area contributed by atoms with Crippen LogP contribution in [-0.2, 0) is 15.8 Å². The molecule has 3 rings (SSSR count). The molecule has 0 saturated carbocycles. The standard InChI is InChI=1S/C18H14ClF3N2O2/c19-13-6-2-4-8-15(13)24-10-11(9-16(24)25)17(26)23-14-7-3-1-5-12(14)18(20,21)22/h1-8,11H,9-10H2,(H,23,26)/t11-/m1/s1. The van der Waals surface area contributed by atoms with Gasteiger partial charge in [-0.1, -0.05) is 35.9 Å². The molecule has 1 fully saturated rings. The predicted octanol–water partition coefficient (Wildman–Crippen LogP) is 4.35. The van der Waals surface area contributed by atoms with Gasteiger partial charge in [-0.25, -0.2) is 0 Å². The van der Waals surface area contributed by atoms with Crippen molar-refractivity contribution in [1.82, 2.24) is 0 Å². The third kappa shape index (κ3) is 3.67. The lowest BCUT2D eigenvalue weighted by Crippen LogP contribution is -2.28. The molecule has 0 bridgehead atoms. The fraction of sp³-hybridized carbons (Fsp3) is 0.222. The number of anilines is 2. The average molecular weight is 383 g/mol. The smallest absolute Gasteiger partial charge is 0.325 e. The molecule has 1 atom stereocenters. The Balaban J connectivity index is 1.77. The van der Waals surface area contributed by atoms with E-state index in [1.807, 2.05) is 0 Å². The molecule has 26 heavy (non-hydrogen) atoms. The van der Waals surface area contributed by atoms with Crippen molar-refractivity contribution in [1.29, 1.82) is 0 Å². The van der Waals surface area contributed by atoms with Crippen molar-refractivity contribution in [3.8, 4) is 0 Å². The van der Waals surface area contributed by atoms with Crippen LogP contribution >= 0.6 is 11.6 Å². The summed E-state index contributed by atoms with van der Waals surface area (Å²) in [5.41, 5.74) is -0.778. The number of nitrogens with one attached hydrogen (secondary N) is 1. The summed E-state index contributed by atoms with van der Waals surface area (Å²) in [6, 6.07) is 11.4. The highest BCUT2D eigenvalue weighted by Gasteiger charge is 2.38. The minimum Gasteiger partial charge on any atom is -0.325 e. The SMILES string of the molecule is O=C(Nc1ccccc1C(F)(F)F)[C@@H]1CC(=O)N(c2ccccc2Cl)C1. The Morgan fingerprint density at radius 1 is 1.12 bits per heavy atom. The molecule has 0 unspecified atom stereocenters. The quantitative estimate of drug-likeness (QED) is 0.858. The highest BCUT2D eigenvalue weighted by atomic mass is 35.5. The van der Waals surface area contributed by atoms with Gasteiger partial charge >= 0.3 is 6.18 Å². The molecule has 0 radical (unpaired) electrons. The van der Waals surface area contributed by atoms with Crippen LogP contribution in [0.3, 0.4) is 0 Å². The fourth-order valence-electron chi connectivity index (χ4n) is 2.86. The Hall–Kier alpha value is -2.54. The van der Waals surface area contributed by atoms with Crippen molar-refractivity contribution in [3.05, 3.63) is 59.1 Å². The number of carbonyl (C=O) groups excluding carboxylic acids is 2. The number of hydrogen-bond acceptors (Lipinski definition) is 2. The van der Waals surface area contributed by atoms with Gasteiger partial charge in [0.05, 0.1) is 27.9 Å². The van der Waals surface area contributed by atoms with Crippen LogP contribution in [0.2, 0.25) is 5.02 Å².